The number of carbonyl (C=O) groups is 19. The maximum atomic E-state index is 15.2. The van der Waals surface area contributed by atoms with E-state index in [1.807, 2.05) is 11.4 Å². The molecule has 10 N–H and O–H groups in total. The number of ketones is 3. The second kappa shape index (κ2) is 35.3. The van der Waals surface area contributed by atoms with E-state index in [-0.39, 0.29) is 165 Å². The summed E-state index contributed by atoms with van der Waals surface area (Å²) in [6.45, 7) is 1.03. The molecule has 7 saturated heterocycles. The van der Waals surface area contributed by atoms with Crippen LogP contribution in [0.4, 0.5) is 51.3 Å². The molecule has 44 nitrogen and oxygen atoms in total. The van der Waals surface area contributed by atoms with E-state index in [9.17, 15) is 113 Å². The highest BCUT2D eigenvalue weighted by atomic mass is 19.1. The van der Waals surface area contributed by atoms with Crippen LogP contribution in [-0.2, 0) is 114 Å². The fraction of sp³-hybridized carbons (Fsp3) is 0.270. The summed E-state index contributed by atoms with van der Waals surface area (Å²) in [6, 6.07) is 24.1. The normalized spacial score (nSPS) is 22.8. The summed E-state index contributed by atoms with van der Waals surface area (Å²) in [7, 11) is 5.13. The number of imide groups is 5. The number of benzene rings is 6. The Balaban J connectivity index is 0.000000117. The van der Waals surface area contributed by atoms with Crippen molar-refractivity contribution in [1.82, 2.24) is 82.7 Å². The number of carbonyl (C=O) groups excluding carboxylic acids is 19. The molecule has 20 amide bonds. The van der Waals surface area contributed by atoms with Gasteiger partial charge in [0.1, 0.15) is 74.1 Å². The predicted molar refractivity (Wildman–Crippen MR) is 494 cm³/mol. The van der Waals surface area contributed by atoms with Crippen LogP contribution >= 0.6 is 0 Å². The number of halogens is 6. The number of aromatic nitrogens is 2. The molecule has 0 saturated carbocycles. The second-order valence-corrected chi connectivity index (χ2v) is 37.6. The van der Waals surface area contributed by atoms with E-state index in [0.717, 1.165) is 40.3 Å². The van der Waals surface area contributed by atoms with Crippen LogP contribution in [-0.4, -0.2) is 203 Å². The summed E-state index contributed by atoms with van der Waals surface area (Å²) < 4.78 is 133. The number of ether oxygens (including phenoxy) is 4. The summed E-state index contributed by atoms with van der Waals surface area (Å²) in [5.41, 5.74) is -6.66. The Labute approximate surface area is 836 Å². The largest absolute Gasteiger partial charge is 0.494 e. The molecule has 1 aliphatic carbocycles. The van der Waals surface area contributed by atoms with Crippen molar-refractivity contribution in [2.24, 2.45) is 0 Å². The van der Waals surface area contributed by atoms with Gasteiger partial charge in [0.2, 0.25) is 29.5 Å². The molecule has 7 fully saturated rings. The molecule has 6 aromatic heterocycles. The zero-order valence-corrected chi connectivity index (χ0v) is 79.0. The highest BCUT2D eigenvalue weighted by Crippen LogP contribution is 2.47. The average Bonchev–Trinajstić information content (AvgIpc) is 1.59. The number of aryl methyl sites for hydroxylation is 1. The van der Waals surface area contributed by atoms with Crippen molar-refractivity contribution in [1.29, 1.82) is 0 Å². The van der Waals surface area contributed by atoms with E-state index in [2.05, 4.69) is 57.8 Å². The molecule has 6 atom stereocenters. The lowest BCUT2D eigenvalue weighted by molar-refractivity contribution is -0.128. The summed E-state index contributed by atoms with van der Waals surface area (Å²) >= 11 is 0. The first kappa shape index (κ1) is 97.4. The monoisotopic (exact) mass is 2060 g/mol. The molecular formula is C100H77F6N17O27. The molecule has 24 rings (SSSR count). The van der Waals surface area contributed by atoms with Gasteiger partial charge in [0.25, 0.3) is 41.4 Å². The number of rotatable bonds is 19. The van der Waals surface area contributed by atoms with Gasteiger partial charge in [0, 0.05) is 85.3 Å². The molecular weight excluding hydrogens is 1990 g/mol. The SMILES string of the molecule is COc1ccc2c(c1F)C(=O)N(C[C@@]1(c3cc4cc(C5(C)NC(=O)CC5=O)c(F)cc4o3)NC(=O)NC1=O)C2.COc1ccc2c(c1F)C(=O)N(C[C@@]1(c3cc4cc5c(cc4o3)C(=O)CCC5)NC(=O)NC1=O)C2.COc1ccc2c(c1F)C(=O)N(C[C@@]1(c3cc4nc(C5(C)NC(=O)CC5=O)ccc4o3)CC(=O)NC1=O)C2.COc1ccc2c(c1F)C(=O)N(C[C@@]1(c3cc4nc(N5CC(=O)NC5=O)c(F)cc4o3)NC(=O)NC1=O)C2. The first-order valence-corrected chi connectivity index (χ1v) is 45.9. The van der Waals surface area contributed by atoms with Gasteiger partial charge >= 0.3 is 24.1 Å². The summed E-state index contributed by atoms with van der Waals surface area (Å²) in [5, 5.41) is 24.4. The molecule has 2 unspecified atom stereocenters. The molecule has 0 radical (unpaired) electrons. The van der Waals surface area contributed by atoms with E-state index < -0.39 is 201 Å². The lowest BCUT2D eigenvalue weighted by Gasteiger charge is -2.29. The fourth-order valence-electron chi connectivity index (χ4n) is 20.8. The number of methoxy groups -OCH3 is 4. The van der Waals surface area contributed by atoms with Crippen molar-refractivity contribution >= 4 is 162 Å². The molecule has 150 heavy (non-hydrogen) atoms. The number of amides is 20. The summed E-state index contributed by atoms with van der Waals surface area (Å²) in [5.74, 6) is -14.7. The van der Waals surface area contributed by atoms with E-state index in [1.165, 1.54) is 111 Å². The predicted octanol–water partition coefficient (Wildman–Crippen LogP) is 6.59. The van der Waals surface area contributed by atoms with Crippen LogP contribution in [0.3, 0.4) is 0 Å². The maximum Gasteiger partial charge on any atom is 0.330 e. The van der Waals surface area contributed by atoms with Crippen molar-refractivity contribution in [3.05, 3.63) is 240 Å². The average molecular weight is 2060 g/mol. The van der Waals surface area contributed by atoms with E-state index in [1.54, 1.807) is 43.3 Å². The van der Waals surface area contributed by atoms with Gasteiger partial charge in [-0.3, -0.25) is 103 Å². The van der Waals surface area contributed by atoms with Gasteiger partial charge in [-0.1, -0.05) is 24.3 Å². The molecule has 50 heteroatoms. The topological polar surface area (TPSA) is 576 Å². The Hall–Kier alpha value is -18.7. The van der Waals surface area contributed by atoms with Gasteiger partial charge in [-0.05, 0) is 121 Å². The molecule has 766 valence electrons. The molecule has 12 aliphatic rings. The zero-order valence-electron chi connectivity index (χ0n) is 79.0. The highest BCUT2D eigenvalue weighted by molar-refractivity contribution is 6.16. The Morgan fingerprint density at radius 2 is 0.780 bits per heavy atom. The summed E-state index contributed by atoms with van der Waals surface area (Å²) in [4.78, 5) is 253. The number of Topliss-reactive ketones (excluding diaryl/α,β-unsaturated/α-hetero) is 3. The summed E-state index contributed by atoms with van der Waals surface area (Å²) in [6.07, 6.45) is 1.05. The molecule has 11 aliphatic heterocycles. The Morgan fingerprint density at radius 1 is 0.367 bits per heavy atom. The highest BCUT2D eigenvalue weighted by Gasteiger charge is 2.60. The van der Waals surface area contributed by atoms with Crippen molar-refractivity contribution in [2.45, 2.75) is 112 Å². The minimum atomic E-state index is -1.96. The first-order chi connectivity index (χ1) is 71.4. The Bertz CT molecular complexity index is 8260. The molecule has 0 spiro atoms. The van der Waals surface area contributed by atoms with Crippen LogP contribution in [0.5, 0.6) is 23.0 Å². The van der Waals surface area contributed by atoms with Gasteiger partial charge in [0.15, 0.2) is 103 Å². The van der Waals surface area contributed by atoms with Crippen molar-refractivity contribution in [3.8, 4) is 23.0 Å². The minimum Gasteiger partial charge on any atom is -0.494 e. The van der Waals surface area contributed by atoms with Crippen molar-refractivity contribution in [3.63, 3.8) is 0 Å². The first-order valence-electron chi connectivity index (χ1n) is 45.9. The third-order valence-electron chi connectivity index (χ3n) is 28.5. The number of furan rings is 4. The standard InChI is InChI=1S/C26H20F2N4O7.C26H21FN4O7.C25H20FN3O6.C23H16F2N6O7/c1-25(17(33)8-19(34)30-25)13-5-12-6-18(39-16(12)7-14(13)27)26(23(36)29-24(37)31-26)10-32-9-11-3-4-15(38-2)21(28)20(11)22(32)35;1-25(17(32)8-19(33)30-25)16-6-5-14-13(28-16)7-18(38-14)26(9-20(34)29-24(26)36)11-31-10-12-3-4-15(37-2)22(27)21(12)23(31)35;1-34-17-6-5-13-10-29(22(31)20(13)21(17)26)11-25(23(32)27-24(33)28-25)19-8-14-7-12-3-2-4-16(30)15(12)9-18(14)35-19;1-37-12-3-2-9-6-30(19(33)16(9)17(12)25)8-23(20(34)28-21(35)29-23)14-5-11-13(38-14)4-10(24)18(26-11)31-7-15(32)27-22(31)36/h3-7H,8-10H2,1-2H3,(H,30,34)(H2,29,31,36,37);3-7H,8-11H2,1-2H3,(H,30,33)(H,29,34,36);5-9H,2-4,10-11H2,1H3,(H2,27,28,32,33);2-5H,6-8H2,1H3,(H,27,32,36)(H2,28,29,34,35)/t2*25?,26-;25-;23-/m0100/s1. The lowest BCUT2D eigenvalue weighted by Crippen LogP contribution is -2.52. The van der Waals surface area contributed by atoms with Crippen molar-refractivity contribution in [2.75, 3.05) is 66.1 Å². The van der Waals surface area contributed by atoms with E-state index in [4.69, 9.17) is 36.6 Å². The van der Waals surface area contributed by atoms with Gasteiger partial charge in [-0.25, -0.2) is 55.5 Å². The second-order valence-electron chi connectivity index (χ2n) is 37.6. The van der Waals surface area contributed by atoms with Crippen molar-refractivity contribution < 1.29 is 154 Å². The van der Waals surface area contributed by atoms with E-state index in [0.29, 0.717) is 56.4 Å². The number of fused-ring (bicyclic) bond motifs is 9. The van der Waals surface area contributed by atoms with Crippen LogP contribution in [0.1, 0.15) is 160 Å². The van der Waals surface area contributed by atoms with Gasteiger partial charge in [-0.2, -0.15) is 0 Å². The minimum absolute atomic E-state index is 0.00342. The van der Waals surface area contributed by atoms with E-state index >= 15 is 4.39 Å². The van der Waals surface area contributed by atoms with Gasteiger partial charge in [-0.15, -0.1) is 0 Å². The number of nitrogens with one attached hydrogen (secondary N) is 10. The smallest absolute Gasteiger partial charge is 0.330 e. The van der Waals surface area contributed by atoms with Crippen LogP contribution in [0.25, 0.3) is 44.1 Å². The molecule has 12 aromatic rings. The number of hydrogen-bond acceptors (Lipinski definition) is 29. The number of nitrogens with zero attached hydrogens (tertiary/aromatic N) is 7. The van der Waals surface area contributed by atoms with Gasteiger partial charge < -0.3 is 82.8 Å². The number of urea groups is 4. The molecule has 17 heterocycles. The Morgan fingerprint density at radius 3 is 1.20 bits per heavy atom. The third kappa shape index (κ3) is 15.5. The quantitative estimate of drug-likeness (QED) is 0.0177. The van der Waals surface area contributed by atoms with Crippen LogP contribution in [0.15, 0.2) is 133 Å². The fourth-order valence-corrected chi connectivity index (χ4v) is 20.8. The Kier molecular flexibility index (Phi) is 22.9. The van der Waals surface area contributed by atoms with Crippen LogP contribution in [0, 0.1) is 34.9 Å². The number of anilines is 1. The lowest BCUT2D eigenvalue weighted by atomic mass is 9.82. The maximum absolute atomic E-state index is 15.2. The third-order valence-corrected chi connectivity index (χ3v) is 28.5. The zero-order chi connectivity index (χ0) is 106. The van der Waals surface area contributed by atoms with Crippen LogP contribution in [0.2, 0.25) is 0 Å². The number of pyridine rings is 2. The number of hydrogen-bond donors (Lipinski definition) is 10. The molecule has 0 bridgehead atoms. The molecule has 6 aromatic carbocycles. The van der Waals surface area contributed by atoms with Gasteiger partial charge in [0.05, 0.1) is 95.3 Å². The van der Waals surface area contributed by atoms with Crippen LogP contribution < -0.4 is 77.0 Å².